The van der Waals surface area contributed by atoms with Gasteiger partial charge in [0.15, 0.2) is 0 Å². The third-order valence-corrected chi connectivity index (χ3v) is 3.73. The van der Waals surface area contributed by atoms with E-state index in [1.807, 2.05) is 31.2 Å². The van der Waals surface area contributed by atoms with Crippen molar-refractivity contribution in [3.8, 4) is 5.88 Å². The van der Waals surface area contributed by atoms with Gasteiger partial charge >= 0.3 is 6.09 Å². The molecular weight excluding hydrogens is 322 g/mol. The van der Waals surface area contributed by atoms with E-state index in [2.05, 4.69) is 10.3 Å². The zero-order chi connectivity index (χ0) is 17.6. The fourth-order valence-corrected chi connectivity index (χ4v) is 2.56. The van der Waals surface area contributed by atoms with Crippen LogP contribution in [0.1, 0.15) is 22.8 Å². The lowest BCUT2D eigenvalue weighted by Crippen LogP contribution is -2.25. The number of hydrogen-bond acceptors (Lipinski definition) is 5. The van der Waals surface area contributed by atoms with E-state index in [0.29, 0.717) is 37.7 Å². The lowest BCUT2D eigenvalue weighted by atomic mass is 10.1. The second kappa shape index (κ2) is 7.65. The SMILES string of the molecule is CCOc1ncccc1C(=O)NCc1cccc(N2CCOC2=O)c1. The summed E-state index contributed by atoms with van der Waals surface area (Å²) < 4.78 is 10.3. The number of carbonyl (C=O) groups is 2. The molecule has 0 radical (unpaired) electrons. The predicted octanol–water partition coefficient (Wildman–Crippen LogP) is 2.37. The van der Waals surface area contributed by atoms with Crippen LogP contribution in [0.2, 0.25) is 0 Å². The molecular formula is C18H19N3O4. The molecule has 1 aliphatic rings. The number of cyclic esters (lactones) is 1. The maximum Gasteiger partial charge on any atom is 0.414 e. The van der Waals surface area contributed by atoms with Crippen molar-refractivity contribution in [1.82, 2.24) is 10.3 Å². The molecule has 130 valence electrons. The number of rotatable bonds is 6. The number of aromatic nitrogens is 1. The lowest BCUT2D eigenvalue weighted by Gasteiger charge is -2.14. The van der Waals surface area contributed by atoms with Crippen LogP contribution in [0.25, 0.3) is 0 Å². The van der Waals surface area contributed by atoms with E-state index in [4.69, 9.17) is 9.47 Å². The zero-order valence-corrected chi connectivity index (χ0v) is 13.9. The fourth-order valence-electron chi connectivity index (χ4n) is 2.56. The molecule has 1 N–H and O–H groups in total. The summed E-state index contributed by atoms with van der Waals surface area (Å²) in [4.78, 5) is 29.7. The largest absolute Gasteiger partial charge is 0.477 e. The van der Waals surface area contributed by atoms with Gasteiger partial charge in [0.05, 0.1) is 13.2 Å². The van der Waals surface area contributed by atoms with E-state index < -0.39 is 0 Å². The smallest absolute Gasteiger partial charge is 0.414 e. The number of anilines is 1. The number of nitrogens with one attached hydrogen (secondary N) is 1. The summed E-state index contributed by atoms with van der Waals surface area (Å²) >= 11 is 0. The standard InChI is InChI=1S/C18H19N3O4/c1-2-24-17-15(7-4-8-19-17)16(22)20-12-13-5-3-6-14(11-13)21-9-10-25-18(21)23/h3-8,11H,2,9-10,12H2,1H3,(H,20,22). The molecule has 1 aromatic carbocycles. The van der Waals surface area contributed by atoms with Gasteiger partial charge in [-0.1, -0.05) is 12.1 Å². The minimum atomic E-state index is -0.349. The van der Waals surface area contributed by atoms with Gasteiger partial charge in [0.25, 0.3) is 5.91 Å². The van der Waals surface area contributed by atoms with Gasteiger partial charge < -0.3 is 14.8 Å². The lowest BCUT2D eigenvalue weighted by molar-refractivity contribution is 0.0946. The summed E-state index contributed by atoms with van der Waals surface area (Å²) in [6, 6.07) is 10.8. The van der Waals surface area contributed by atoms with Gasteiger partial charge in [0.2, 0.25) is 5.88 Å². The summed E-state index contributed by atoms with van der Waals surface area (Å²) in [5.74, 6) is 0.0543. The minimum absolute atomic E-state index is 0.262. The number of pyridine rings is 1. The number of hydrogen-bond donors (Lipinski definition) is 1. The summed E-state index contributed by atoms with van der Waals surface area (Å²) in [6.07, 6.45) is 1.23. The number of benzene rings is 1. The highest BCUT2D eigenvalue weighted by molar-refractivity contribution is 5.96. The van der Waals surface area contributed by atoms with Crippen LogP contribution in [0.4, 0.5) is 10.5 Å². The van der Waals surface area contributed by atoms with Crippen LogP contribution in [0.3, 0.4) is 0 Å². The monoisotopic (exact) mass is 341 g/mol. The fraction of sp³-hybridized carbons (Fsp3) is 0.278. The van der Waals surface area contributed by atoms with Crippen LogP contribution in [0, 0.1) is 0 Å². The van der Waals surface area contributed by atoms with Crippen molar-refractivity contribution in [2.75, 3.05) is 24.7 Å². The number of carbonyl (C=O) groups excluding carboxylic acids is 2. The van der Waals surface area contributed by atoms with Crippen molar-refractivity contribution >= 4 is 17.7 Å². The highest BCUT2D eigenvalue weighted by atomic mass is 16.6. The predicted molar refractivity (Wildman–Crippen MR) is 91.7 cm³/mol. The van der Waals surface area contributed by atoms with Gasteiger partial charge in [-0.05, 0) is 36.8 Å². The van der Waals surface area contributed by atoms with E-state index in [1.165, 1.54) is 0 Å². The van der Waals surface area contributed by atoms with Gasteiger partial charge in [0.1, 0.15) is 12.2 Å². The molecule has 0 aliphatic carbocycles. The maximum absolute atomic E-state index is 12.4. The molecule has 0 atom stereocenters. The molecule has 0 spiro atoms. The van der Waals surface area contributed by atoms with Gasteiger partial charge in [0, 0.05) is 18.4 Å². The first-order valence-electron chi connectivity index (χ1n) is 8.08. The highest BCUT2D eigenvalue weighted by Gasteiger charge is 2.23. The summed E-state index contributed by atoms with van der Waals surface area (Å²) in [6.45, 7) is 3.52. The Morgan fingerprint density at radius 3 is 3.00 bits per heavy atom. The molecule has 2 aromatic rings. The molecule has 2 amide bonds. The maximum atomic E-state index is 12.4. The van der Waals surface area contributed by atoms with E-state index in [1.54, 1.807) is 23.2 Å². The van der Waals surface area contributed by atoms with Gasteiger partial charge in [-0.25, -0.2) is 9.78 Å². The van der Waals surface area contributed by atoms with Crippen molar-refractivity contribution < 1.29 is 19.1 Å². The zero-order valence-electron chi connectivity index (χ0n) is 13.9. The Morgan fingerprint density at radius 1 is 1.36 bits per heavy atom. The first kappa shape index (κ1) is 16.8. The first-order valence-corrected chi connectivity index (χ1v) is 8.08. The molecule has 0 unspecified atom stereocenters. The van der Waals surface area contributed by atoms with Crippen LogP contribution in [0.15, 0.2) is 42.6 Å². The van der Waals surface area contributed by atoms with Crippen LogP contribution in [-0.4, -0.2) is 36.7 Å². The van der Waals surface area contributed by atoms with Gasteiger partial charge in [-0.3, -0.25) is 9.69 Å². The van der Waals surface area contributed by atoms with E-state index in [-0.39, 0.29) is 12.0 Å². The topological polar surface area (TPSA) is 80.8 Å². The minimum Gasteiger partial charge on any atom is -0.477 e. The Kier molecular flexibility index (Phi) is 5.13. The third-order valence-electron chi connectivity index (χ3n) is 3.73. The van der Waals surface area contributed by atoms with Gasteiger partial charge in [-0.2, -0.15) is 0 Å². The van der Waals surface area contributed by atoms with Crippen molar-refractivity contribution in [3.05, 3.63) is 53.7 Å². The van der Waals surface area contributed by atoms with E-state index in [9.17, 15) is 9.59 Å². The summed E-state index contributed by atoms with van der Waals surface area (Å²) in [7, 11) is 0. The second-order valence-corrected chi connectivity index (χ2v) is 5.41. The van der Waals surface area contributed by atoms with Crippen molar-refractivity contribution in [2.24, 2.45) is 0 Å². The molecule has 7 heteroatoms. The summed E-state index contributed by atoms with van der Waals surface area (Å²) in [5.41, 5.74) is 2.03. The molecule has 1 aliphatic heterocycles. The molecule has 7 nitrogen and oxygen atoms in total. The third kappa shape index (κ3) is 3.88. The number of ether oxygens (including phenoxy) is 2. The molecule has 1 saturated heterocycles. The molecule has 2 heterocycles. The Labute approximate surface area is 145 Å². The van der Waals surface area contributed by atoms with Crippen LogP contribution in [-0.2, 0) is 11.3 Å². The quantitative estimate of drug-likeness (QED) is 0.872. The van der Waals surface area contributed by atoms with Crippen LogP contribution >= 0.6 is 0 Å². The van der Waals surface area contributed by atoms with E-state index >= 15 is 0 Å². The van der Waals surface area contributed by atoms with Crippen LogP contribution < -0.4 is 15.0 Å². The normalized spacial score (nSPS) is 13.5. The second-order valence-electron chi connectivity index (χ2n) is 5.41. The van der Waals surface area contributed by atoms with E-state index in [0.717, 1.165) is 11.3 Å². The average molecular weight is 341 g/mol. The molecule has 1 aromatic heterocycles. The Morgan fingerprint density at radius 2 is 2.24 bits per heavy atom. The number of nitrogens with zero attached hydrogens (tertiary/aromatic N) is 2. The molecule has 0 bridgehead atoms. The van der Waals surface area contributed by atoms with Crippen LogP contribution in [0.5, 0.6) is 5.88 Å². The molecule has 25 heavy (non-hydrogen) atoms. The highest BCUT2D eigenvalue weighted by Crippen LogP contribution is 2.20. The first-order chi connectivity index (χ1) is 12.2. The molecule has 0 saturated carbocycles. The van der Waals surface area contributed by atoms with Gasteiger partial charge in [-0.15, -0.1) is 0 Å². The molecule has 1 fully saturated rings. The Balaban J connectivity index is 1.67. The van der Waals surface area contributed by atoms with Crippen molar-refractivity contribution in [2.45, 2.75) is 13.5 Å². The van der Waals surface area contributed by atoms with Crippen molar-refractivity contribution in [1.29, 1.82) is 0 Å². The Hall–Kier alpha value is -3.09. The van der Waals surface area contributed by atoms with Crippen molar-refractivity contribution in [3.63, 3.8) is 0 Å². The summed E-state index contributed by atoms with van der Waals surface area (Å²) in [5, 5.41) is 2.85. The molecule has 3 rings (SSSR count). The number of amides is 2. The Bertz CT molecular complexity index is 778. The average Bonchev–Trinajstić information content (AvgIpc) is 3.07.